The summed E-state index contributed by atoms with van der Waals surface area (Å²) in [5, 5.41) is 16.2. The van der Waals surface area contributed by atoms with Crippen LogP contribution in [0.2, 0.25) is 0 Å². The third-order valence-corrected chi connectivity index (χ3v) is 4.28. The van der Waals surface area contributed by atoms with Crippen LogP contribution in [0, 0.1) is 38.0 Å². The number of aromatic nitrogens is 2. The van der Waals surface area contributed by atoms with Gasteiger partial charge in [-0.05, 0) is 50.5 Å². The molecule has 6 heteroatoms. The molecular formula is C19H22N4O2. The molecule has 1 aromatic carbocycles. The molecule has 2 rings (SSSR count). The van der Waals surface area contributed by atoms with E-state index in [0.717, 1.165) is 22.5 Å². The maximum atomic E-state index is 12.4. The van der Waals surface area contributed by atoms with Crippen molar-refractivity contribution < 1.29 is 9.59 Å². The summed E-state index contributed by atoms with van der Waals surface area (Å²) >= 11 is 0. The fourth-order valence-corrected chi connectivity index (χ4v) is 2.79. The SMILES string of the molecule is Cc1cccc(NC(=O)[C@@H](C#N)C(=O)CCc2c(C)nn(C)c2C)c1. The van der Waals surface area contributed by atoms with E-state index >= 15 is 0 Å². The Bertz CT molecular complexity index is 846. The number of carbonyl (C=O) groups excluding carboxylic acids is 2. The van der Waals surface area contributed by atoms with Gasteiger partial charge in [-0.3, -0.25) is 14.3 Å². The molecule has 0 saturated heterocycles. The largest absolute Gasteiger partial charge is 0.325 e. The molecule has 130 valence electrons. The van der Waals surface area contributed by atoms with Crippen molar-refractivity contribution in [3.8, 4) is 6.07 Å². The molecule has 0 fully saturated rings. The standard InChI is InChI=1S/C19H22N4O2/c1-12-6-5-7-15(10-12)21-19(25)17(11-20)18(24)9-8-16-13(2)22-23(4)14(16)3/h5-7,10,17H,8-9H2,1-4H3,(H,21,25)/t17-/m0/s1. The molecule has 1 N–H and O–H groups in total. The number of Topliss-reactive ketones (excluding diaryl/α,β-unsaturated/α-hetero) is 1. The second kappa shape index (κ2) is 7.75. The molecule has 6 nitrogen and oxygen atoms in total. The zero-order valence-corrected chi connectivity index (χ0v) is 15.0. The van der Waals surface area contributed by atoms with Crippen LogP contribution >= 0.6 is 0 Å². The number of benzene rings is 1. The van der Waals surface area contributed by atoms with E-state index < -0.39 is 11.8 Å². The van der Waals surface area contributed by atoms with Gasteiger partial charge in [0.2, 0.25) is 5.91 Å². The molecule has 0 unspecified atom stereocenters. The molecule has 25 heavy (non-hydrogen) atoms. The van der Waals surface area contributed by atoms with Crippen LogP contribution < -0.4 is 5.32 Å². The van der Waals surface area contributed by atoms with Gasteiger partial charge >= 0.3 is 0 Å². The predicted octanol–water partition coefficient (Wildman–Crippen LogP) is 2.63. The first-order chi connectivity index (χ1) is 11.8. The Kier molecular flexibility index (Phi) is 5.71. The molecule has 1 amide bonds. The van der Waals surface area contributed by atoms with E-state index in [2.05, 4.69) is 10.4 Å². The Hall–Kier alpha value is -2.94. The number of aryl methyl sites for hydroxylation is 3. The lowest BCUT2D eigenvalue weighted by Gasteiger charge is -2.10. The Balaban J connectivity index is 2.03. The highest BCUT2D eigenvalue weighted by Crippen LogP contribution is 2.17. The van der Waals surface area contributed by atoms with Gasteiger partial charge in [-0.15, -0.1) is 0 Å². The minimum atomic E-state index is -1.31. The summed E-state index contributed by atoms with van der Waals surface area (Å²) < 4.78 is 1.77. The number of hydrogen-bond acceptors (Lipinski definition) is 4. The van der Waals surface area contributed by atoms with Crippen LogP contribution in [0.15, 0.2) is 24.3 Å². The monoisotopic (exact) mass is 338 g/mol. The van der Waals surface area contributed by atoms with Gasteiger partial charge < -0.3 is 5.32 Å². The maximum absolute atomic E-state index is 12.4. The fraction of sp³-hybridized carbons (Fsp3) is 0.368. The lowest BCUT2D eigenvalue weighted by molar-refractivity contribution is -0.128. The van der Waals surface area contributed by atoms with Gasteiger partial charge in [0.25, 0.3) is 0 Å². The molecule has 1 atom stereocenters. The fourth-order valence-electron chi connectivity index (χ4n) is 2.79. The Morgan fingerprint density at radius 2 is 2.04 bits per heavy atom. The van der Waals surface area contributed by atoms with Crippen molar-refractivity contribution in [2.75, 3.05) is 5.32 Å². The highest BCUT2D eigenvalue weighted by Gasteiger charge is 2.26. The van der Waals surface area contributed by atoms with Gasteiger partial charge in [0, 0.05) is 24.8 Å². The van der Waals surface area contributed by atoms with E-state index in [1.54, 1.807) is 16.8 Å². The second-order valence-corrected chi connectivity index (χ2v) is 6.16. The molecule has 0 aliphatic heterocycles. The molecule has 0 aliphatic rings. The van der Waals surface area contributed by atoms with Crippen LogP contribution in [-0.4, -0.2) is 21.5 Å². The average Bonchev–Trinajstić information content (AvgIpc) is 2.78. The topological polar surface area (TPSA) is 87.8 Å². The molecule has 0 radical (unpaired) electrons. The van der Waals surface area contributed by atoms with Gasteiger partial charge in [0.05, 0.1) is 11.8 Å². The molecule has 1 aromatic heterocycles. The lowest BCUT2D eigenvalue weighted by atomic mass is 9.97. The van der Waals surface area contributed by atoms with Crippen molar-refractivity contribution in [3.63, 3.8) is 0 Å². The number of ketones is 1. The number of nitriles is 1. The molecule has 0 saturated carbocycles. The van der Waals surface area contributed by atoms with Crippen LogP contribution in [0.5, 0.6) is 0 Å². The lowest BCUT2D eigenvalue weighted by Crippen LogP contribution is -2.28. The van der Waals surface area contributed by atoms with E-state index in [0.29, 0.717) is 12.1 Å². The van der Waals surface area contributed by atoms with Crippen LogP contribution in [0.1, 0.15) is 28.9 Å². The van der Waals surface area contributed by atoms with E-state index in [9.17, 15) is 14.9 Å². The summed E-state index contributed by atoms with van der Waals surface area (Å²) in [6.45, 7) is 5.73. The minimum absolute atomic E-state index is 0.132. The molecular weight excluding hydrogens is 316 g/mol. The number of rotatable bonds is 6. The molecule has 1 heterocycles. The number of carbonyl (C=O) groups is 2. The number of amides is 1. The van der Waals surface area contributed by atoms with Crippen molar-refractivity contribution in [1.29, 1.82) is 5.26 Å². The van der Waals surface area contributed by atoms with Gasteiger partial charge in [-0.25, -0.2) is 0 Å². The first-order valence-electron chi connectivity index (χ1n) is 8.12. The van der Waals surface area contributed by atoms with Crippen molar-refractivity contribution in [2.24, 2.45) is 13.0 Å². The van der Waals surface area contributed by atoms with Crippen LogP contribution in [-0.2, 0) is 23.1 Å². The van der Waals surface area contributed by atoms with Crippen LogP contribution in [0.3, 0.4) is 0 Å². The quantitative estimate of drug-likeness (QED) is 0.820. The van der Waals surface area contributed by atoms with Crippen LogP contribution in [0.25, 0.3) is 0 Å². The van der Waals surface area contributed by atoms with Gasteiger partial charge in [0.1, 0.15) is 0 Å². The number of anilines is 1. The third kappa shape index (κ3) is 4.32. The number of hydrogen-bond donors (Lipinski definition) is 1. The Morgan fingerprint density at radius 1 is 1.32 bits per heavy atom. The summed E-state index contributed by atoms with van der Waals surface area (Å²) in [6, 6.07) is 9.06. The van der Waals surface area contributed by atoms with Crippen LogP contribution in [0.4, 0.5) is 5.69 Å². The van der Waals surface area contributed by atoms with E-state index in [1.807, 2.05) is 46.0 Å². The van der Waals surface area contributed by atoms with Crippen molar-refractivity contribution in [2.45, 2.75) is 33.6 Å². The smallest absolute Gasteiger partial charge is 0.249 e. The summed E-state index contributed by atoms with van der Waals surface area (Å²) in [7, 11) is 1.85. The highest BCUT2D eigenvalue weighted by molar-refractivity contribution is 6.09. The van der Waals surface area contributed by atoms with Crippen molar-refractivity contribution >= 4 is 17.4 Å². The summed E-state index contributed by atoms with van der Waals surface area (Å²) in [5.41, 5.74) is 4.41. The molecule has 0 bridgehead atoms. The highest BCUT2D eigenvalue weighted by atomic mass is 16.2. The Morgan fingerprint density at radius 3 is 2.60 bits per heavy atom. The zero-order valence-electron chi connectivity index (χ0n) is 15.0. The second-order valence-electron chi connectivity index (χ2n) is 6.16. The summed E-state index contributed by atoms with van der Waals surface area (Å²) in [4.78, 5) is 24.6. The first-order valence-corrected chi connectivity index (χ1v) is 8.12. The minimum Gasteiger partial charge on any atom is -0.325 e. The van der Waals surface area contributed by atoms with E-state index in [4.69, 9.17) is 0 Å². The summed E-state index contributed by atoms with van der Waals surface area (Å²) in [5.74, 6) is -2.27. The van der Waals surface area contributed by atoms with Gasteiger partial charge in [-0.2, -0.15) is 10.4 Å². The van der Waals surface area contributed by atoms with Gasteiger partial charge in [-0.1, -0.05) is 12.1 Å². The number of nitrogens with one attached hydrogen (secondary N) is 1. The zero-order chi connectivity index (χ0) is 18.6. The molecule has 0 spiro atoms. The summed E-state index contributed by atoms with van der Waals surface area (Å²) in [6.07, 6.45) is 0.604. The van der Waals surface area contributed by atoms with E-state index in [1.165, 1.54) is 0 Å². The van der Waals surface area contributed by atoms with Crippen molar-refractivity contribution in [3.05, 3.63) is 46.8 Å². The first kappa shape index (κ1) is 18.4. The van der Waals surface area contributed by atoms with E-state index in [-0.39, 0.29) is 12.2 Å². The Labute approximate surface area is 147 Å². The maximum Gasteiger partial charge on any atom is 0.249 e. The van der Waals surface area contributed by atoms with Gasteiger partial charge in [0.15, 0.2) is 11.7 Å². The van der Waals surface area contributed by atoms with Crippen molar-refractivity contribution in [1.82, 2.24) is 9.78 Å². The normalized spacial score (nSPS) is 11.6. The number of nitrogens with zero attached hydrogens (tertiary/aromatic N) is 3. The molecule has 0 aliphatic carbocycles. The average molecular weight is 338 g/mol. The third-order valence-electron chi connectivity index (χ3n) is 4.28. The predicted molar refractivity (Wildman–Crippen MR) is 94.9 cm³/mol. The molecule has 2 aromatic rings.